The molecule has 7 heteroatoms. The highest BCUT2D eigenvalue weighted by molar-refractivity contribution is 6.32. The molecule has 84 valence electrons. The van der Waals surface area contributed by atoms with E-state index >= 15 is 0 Å². The minimum absolute atomic E-state index is 0.0359. The van der Waals surface area contributed by atoms with E-state index in [2.05, 4.69) is 0 Å². The van der Waals surface area contributed by atoms with E-state index in [9.17, 15) is 14.9 Å². The minimum Gasteiger partial charge on any atom is -0.393 e. The molecule has 1 amide bonds. The summed E-state index contributed by atoms with van der Waals surface area (Å²) in [6.07, 6.45) is 2.35. The van der Waals surface area contributed by atoms with Gasteiger partial charge in [0.1, 0.15) is 5.69 Å². The number of rotatable bonds is 3. The molecule has 1 rings (SSSR count). The van der Waals surface area contributed by atoms with Crippen molar-refractivity contribution in [3.63, 3.8) is 0 Å². The molecule has 0 bridgehead atoms. The topological polar surface area (TPSA) is 112 Å². The summed E-state index contributed by atoms with van der Waals surface area (Å²) in [5.74, 6) is -0.671. The van der Waals surface area contributed by atoms with Crippen molar-refractivity contribution in [1.82, 2.24) is 0 Å². The largest absolute Gasteiger partial charge is 0.393 e. The second-order valence-electron chi connectivity index (χ2n) is 2.93. The molecule has 0 saturated heterocycles. The maximum Gasteiger partial charge on any atom is 0.292 e. The number of anilines is 1. The van der Waals surface area contributed by atoms with Crippen LogP contribution in [-0.2, 0) is 4.79 Å². The Morgan fingerprint density at radius 1 is 1.50 bits per heavy atom. The molecule has 16 heavy (non-hydrogen) atoms. The predicted molar refractivity (Wildman–Crippen MR) is 60.7 cm³/mol. The van der Waals surface area contributed by atoms with Gasteiger partial charge >= 0.3 is 0 Å². The number of carbonyl (C=O) groups excluding carboxylic acids is 1. The van der Waals surface area contributed by atoms with Crippen LogP contribution in [0.4, 0.5) is 11.4 Å². The third-order valence-corrected chi connectivity index (χ3v) is 2.10. The molecule has 6 nitrogen and oxygen atoms in total. The molecule has 1 aromatic carbocycles. The highest BCUT2D eigenvalue weighted by atomic mass is 35.5. The molecular formula is C9H8ClN3O3. The van der Waals surface area contributed by atoms with Crippen LogP contribution in [0.25, 0.3) is 6.08 Å². The molecule has 0 aromatic heterocycles. The molecule has 0 fully saturated rings. The van der Waals surface area contributed by atoms with E-state index in [0.717, 1.165) is 6.08 Å². The molecule has 4 N–H and O–H groups in total. The Hall–Kier alpha value is -2.08. The third kappa shape index (κ3) is 2.71. The van der Waals surface area contributed by atoms with Gasteiger partial charge in [-0.05, 0) is 12.1 Å². The van der Waals surface area contributed by atoms with Gasteiger partial charge in [0.2, 0.25) is 5.91 Å². The first-order chi connectivity index (χ1) is 7.41. The summed E-state index contributed by atoms with van der Waals surface area (Å²) in [6, 6.07) is 2.43. The third-order valence-electron chi connectivity index (χ3n) is 1.77. The zero-order valence-electron chi connectivity index (χ0n) is 8.01. The first-order valence-electron chi connectivity index (χ1n) is 4.12. The Morgan fingerprint density at radius 2 is 2.12 bits per heavy atom. The number of nitrogens with two attached hydrogens (primary N) is 2. The van der Waals surface area contributed by atoms with Crippen LogP contribution >= 0.6 is 11.6 Å². The number of nitrogens with zero attached hydrogens (tertiary/aromatic N) is 1. The average Bonchev–Trinajstić information content (AvgIpc) is 2.15. The van der Waals surface area contributed by atoms with Gasteiger partial charge in [-0.25, -0.2) is 0 Å². The normalized spacial score (nSPS) is 10.6. The zero-order valence-corrected chi connectivity index (χ0v) is 8.77. The number of primary amides is 1. The molecule has 0 spiro atoms. The Balaban J connectivity index is 3.25. The number of hydrogen-bond acceptors (Lipinski definition) is 4. The van der Waals surface area contributed by atoms with Crippen LogP contribution in [0.1, 0.15) is 5.56 Å². The van der Waals surface area contributed by atoms with Crippen molar-refractivity contribution in [1.29, 1.82) is 0 Å². The van der Waals surface area contributed by atoms with Crippen molar-refractivity contribution in [2.24, 2.45) is 5.73 Å². The Kier molecular flexibility index (Phi) is 3.47. The van der Waals surface area contributed by atoms with Gasteiger partial charge in [-0.3, -0.25) is 14.9 Å². The summed E-state index contributed by atoms with van der Waals surface area (Å²) < 4.78 is 0. The highest BCUT2D eigenvalue weighted by Crippen LogP contribution is 2.29. The molecule has 1 aromatic rings. The summed E-state index contributed by atoms with van der Waals surface area (Å²) in [5, 5.41) is 10.8. The van der Waals surface area contributed by atoms with Gasteiger partial charge in [-0.2, -0.15) is 0 Å². The maximum absolute atomic E-state index is 10.6. The average molecular weight is 242 g/mol. The van der Waals surface area contributed by atoms with E-state index in [-0.39, 0.29) is 16.4 Å². The lowest BCUT2D eigenvalue weighted by Crippen LogP contribution is -2.05. The fraction of sp³-hybridized carbons (Fsp3) is 0. The number of nitro benzene ring substituents is 1. The standard InChI is InChI=1S/C9H8ClN3O3/c10-6-4-7(11)8(13(15)16)3-5(6)1-2-9(12)14/h1-4H,11H2,(H2,12,14). The van der Waals surface area contributed by atoms with Gasteiger partial charge in [-0.1, -0.05) is 11.6 Å². The SMILES string of the molecule is NC(=O)C=Cc1cc([N+](=O)[O-])c(N)cc1Cl. The summed E-state index contributed by atoms with van der Waals surface area (Å²) in [6.45, 7) is 0. The van der Waals surface area contributed by atoms with Gasteiger partial charge in [0.05, 0.1) is 9.95 Å². The first kappa shape index (κ1) is 12.0. The van der Waals surface area contributed by atoms with Gasteiger partial charge in [0, 0.05) is 17.7 Å². The van der Waals surface area contributed by atoms with Crippen LogP contribution in [0.15, 0.2) is 18.2 Å². The lowest BCUT2D eigenvalue weighted by Gasteiger charge is -2.01. The summed E-state index contributed by atoms with van der Waals surface area (Å²) in [4.78, 5) is 20.5. The van der Waals surface area contributed by atoms with Gasteiger partial charge in [-0.15, -0.1) is 0 Å². The highest BCUT2D eigenvalue weighted by Gasteiger charge is 2.13. The summed E-state index contributed by atoms with van der Waals surface area (Å²) >= 11 is 5.78. The van der Waals surface area contributed by atoms with E-state index in [1.165, 1.54) is 18.2 Å². The zero-order chi connectivity index (χ0) is 12.3. The Labute approximate surface area is 95.6 Å². The van der Waals surface area contributed by atoms with E-state index in [1.807, 2.05) is 0 Å². The minimum atomic E-state index is -0.671. The Bertz CT molecular complexity index is 485. The molecule has 0 aliphatic carbocycles. The number of nitro groups is 1. The smallest absolute Gasteiger partial charge is 0.292 e. The van der Waals surface area contributed by atoms with Crippen LogP contribution in [0.3, 0.4) is 0 Å². The van der Waals surface area contributed by atoms with Crippen molar-refractivity contribution in [2.75, 3.05) is 5.73 Å². The van der Waals surface area contributed by atoms with E-state index in [0.29, 0.717) is 5.56 Å². The number of nitrogen functional groups attached to an aromatic ring is 1. The molecule has 0 aliphatic heterocycles. The van der Waals surface area contributed by atoms with Crippen LogP contribution in [-0.4, -0.2) is 10.8 Å². The number of amides is 1. The van der Waals surface area contributed by atoms with Crippen molar-refractivity contribution < 1.29 is 9.72 Å². The molecule has 0 saturated carbocycles. The fourth-order valence-electron chi connectivity index (χ4n) is 1.05. The van der Waals surface area contributed by atoms with Gasteiger partial charge in [0.15, 0.2) is 0 Å². The first-order valence-corrected chi connectivity index (χ1v) is 4.50. The monoisotopic (exact) mass is 241 g/mol. The van der Waals surface area contributed by atoms with Crippen molar-refractivity contribution in [3.05, 3.63) is 38.9 Å². The van der Waals surface area contributed by atoms with Crippen LogP contribution in [0.2, 0.25) is 5.02 Å². The molecule has 0 unspecified atom stereocenters. The fourth-order valence-corrected chi connectivity index (χ4v) is 1.29. The van der Waals surface area contributed by atoms with Crippen molar-refractivity contribution in [3.8, 4) is 0 Å². The van der Waals surface area contributed by atoms with Crippen molar-refractivity contribution in [2.45, 2.75) is 0 Å². The predicted octanol–water partition coefficient (Wildman–Crippen LogP) is 1.33. The van der Waals surface area contributed by atoms with Crippen LogP contribution in [0.5, 0.6) is 0 Å². The second kappa shape index (κ2) is 4.63. The maximum atomic E-state index is 10.6. The van der Waals surface area contributed by atoms with Gasteiger partial charge in [0.25, 0.3) is 5.69 Å². The molecule has 0 atom stereocenters. The van der Waals surface area contributed by atoms with Crippen LogP contribution in [0, 0.1) is 10.1 Å². The quantitative estimate of drug-likeness (QED) is 0.360. The molecular weight excluding hydrogens is 234 g/mol. The van der Waals surface area contributed by atoms with Gasteiger partial charge < -0.3 is 11.5 Å². The van der Waals surface area contributed by atoms with E-state index in [4.69, 9.17) is 23.1 Å². The molecule has 0 heterocycles. The van der Waals surface area contributed by atoms with E-state index < -0.39 is 10.8 Å². The summed E-state index contributed by atoms with van der Waals surface area (Å²) in [7, 11) is 0. The Morgan fingerprint density at radius 3 is 2.62 bits per heavy atom. The summed E-state index contributed by atoms with van der Waals surface area (Å²) in [5.41, 5.74) is 10.3. The lowest BCUT2D eigenvalue weighted by molar-refractivity contribution is -0.383. The number of halogens is 1. The molecule has 0 aliphatic rings. The molecule has 0 radical (unpaired) electrons. The number of hydrogen-bond donors (Lipinski definition) is 2. The van der Waals surface area contributed by atoms with Crippen molar-refractivity contribution >= 4 is 35.0 Å². The van der Waals surface area contributed by atoms with E-state index in [1.54, 1.807) is 0 Å². The number of benzene rings is 1. The second-order valence-corrected chi connectivity index (χ2v) is 3.33. The van der Waals surface area contributed by atoms with Crippen LogP contribution < -0.4 is 11.5 Å². The number of carbonyl (C=O) groups is 1. The lowest BCUT2D eigenvalue weighted by atomic mass is 10.1.